The maximum atomic E-state index is 13.5. The fourth-order valence-electron chi connectivity index (χ4n) is 3.89. The first-order valence-electron chi connectivity index (χ1n) is 9.50. The molecule has 3 rings (SSSR count). The molecule has 0 bridgehead atoms. The van der Waals surface area contributed by atoms with Gasteiger partial charge in [0.1, 0.15) is 11.0 Å². The van der Waals surface area contributed by atoms with Gasteiger partial charge < -0.3 is 10.1 Å². The minimum Gasteiger partial charge on any atom is -0.458 e. The normalized spacial score (nSPS) is 16.3. The van der Waals surface area contributed by atoms with Crippen molar-refractivity contribution >= 4 is 5.97 Å². The molecular formula is C23H29NO2. The summed E-state index contributed by atoms with van der Waals surface area (Å²) in [5.74, 6) is 0.196. The van der Waals surface area contributed by atoms with Crippen molar-refractivity contribution in [3.8, 4) is 0 Å². The van der Waals surface area contributed by atoms with Gasteiger partial charge in [0.15, 0.2) is 0 Å². The van der Waals surface area contributed by atoms with Gasteiger partial charge >= 0.3 is 5.97 Å². The zero-order valence-corrected chi connectivity index (χ0v) is 16.0. The zero-order valence-electron chi connectivity index (χ0n) is 16.0. The van der Waals surface area contributed by atoms with Crippen molar-refractivity contribution in [2.75, 3.05) is 13.1 Å². The molecule has 0 saturated carbocycles. The molecule has 138 valence electrons. The predicted octanol–water partition coefficient (Wildman–Crippen LogP) is 4.31. The van der Waals surface area contributed by atoms with Crippen LogP contribution in [0.25, 0.3) is 0 Å². The molecule has 1 aliphatic heterocycles. The van der Waals surface area contributed by atoms with Gasteiger partial charge in [0.25, 0.3) is 0 Å². The third-order valence-corrected chi connectivity index (χ3v) is 5.79. The molecule has 3 nitrogen and oxygen atoms in total. The van der Waals surface area contributed by atoms with E-state index in [1.165, 1.54) is 0 Å². The van der Waals surface area contributed by atoms with Gasteiger partial charge in [-0.1, -0.05) is 60.7 Å². The first kappa shape index (κ1) is 18.7. The molecule has 2 aromatic carbocycles. The number of nitrogens with one attached hydrogen (secondary N) is 1. The molecule has 0 aliphatic carbocycles. The highest BCUT2D eigenvalue weighted by atomic mass is 16.6. The Hall–Kier alpha value is -2.13. The molecule has 26 heavy (non-hydrogen) atoms. The first-order chi connectivity index (χ1) is 12.4. The number of carbonyl (C=O) groups excluding carboxylic acids is 1. The van der Waals surface area contributed by atoms with Gasteiger partial charge in [-0.25, -0.2) is 0 Å². The molecule has 1 aliphatic rings. The van der Waals surface area contributed by atoms with E-state index in [0.717, 1.165) is 37.1 Å². The van der Waals surface area contributed by atoms with Gasteiger partial charge in [0, 0.05) is 5.92 Å². The van der Waals surface area contributed by atoms with Crippen LogP contribution in [0.2, 0.25) is 0 Å². The molecule has 1 N–H and O–H groups in total. The molecule has 0 radical (unpaired) electrons. The zero-order chi connectivity index (χ0) is 18.6. The smallest absolute Gasteiger partial charge is 0.321 e. The van der Waals surface area contributed by atoms with E-state index < -0.39 is 11.0 Å². The maximum Gasteiger partial charge on any atom is 0.321 e. The van der Waals surface area contributed by atoms with Crippen molar-refractivity contribution in [3.63, 3.8) is 0 Å². The minimum atomic E-state index is -0.827. The second kappa shape index (κ2) is 7.63. The predicted molar refractivity (Wildman–Crippen MR) is 105 cm³/mol. The Kier molecular flexibility index (Phi) is 5.47. The summed E-state index contributed by atoms with van der Waals surface area (Å²) in [6.45, 7) is 8.05. The van der Waals surface area contributed by atoms with Gasteiger partial charge in [-0.3, -0.25) is 4.79 Å². The Balaban J connectivity index is 1.93. The van der Waals surface area contributed by atoms with E-state index in [4.69, 9.17) is 4.74 Å². The van der Waals surface area contributed by atoms with E-state index >= 15 is 0 Å². The van der Waals surface area contributed by atoms with E-state index in [1.54, 1.807) is 0 Å². The van der Waals surface area contributed by atoms with E-state index in [1.807, 2.05) is 67.6 Å². The van der Waals surface area contributed by atoms with E-state index in [2.05, 4.69) is 19.2 Å². The standard InChI is InChI=1S/C23H29NO2/c1-22(2,18-14-16-24-17-15-18)26-21(25)23(3,19-10-6-4-7-11-19)20-12-8-5-9-13-20/h4-13,18,24H,14-17H2,1-3H3. The molecule has 2 aromatic rings. The quantitative estimate of drug-likeness (QED) is 0.816. The Bertz CT molecular complexity index is 679. The summed E-state index contributed by atoms with van der Waals surface area (Å²) >= 11 is 0. The summed E-state index contributed by atoms with van der Waals surface area (Å²) in [6, 6.07) is 19.9. The van der Waals surface area contributed by atoms with Crippen molar-refractivity contribution in [2.45, 2.75) is 44.6 Å². The van der Waals surface area contributed by atoms with Crippen LogP contribution in [0.4, 0.5) is 0 Å². The molecule has 0 unspecified atom stereocenters. The van der Waals surface area contributed by atoms with Crippen LogP contribution in [-0.2, 0) is 14.9 Å². The highest BCUT2D eigenvalue weighted by Gasteiger charge is 2.43. The lowest BCUT2D eigenvalue weighted by atomic mass is 9.75. The van der Waals surface area contributed by atoms with Crippen molar-refractivity contribution in [3.05, 3.63) is 71.8 Å². The fourth-order valence-corrected chi connectivity index (χ4v) is 3.89. The number of carbonyl (C=O) groups is 1. The van der Waals surface area contributed by atoms with E-state index in [0.29, 0.717) is 5.92 Å². The highest BCUT2D eigenvalue weighted by Crippen LogP contribution is 2.37. The van der Waals surface area contributed by atoms with Crippen LogP contribution in [0.1, 0.15) is 44.7 Å². The summed E-state index contributed by atoms with van der Waals surface area (Å²) in [5, 5.41) is 3.38. The van der Waals surface area contributed by atoms with Crippen LogP contribution in [0.15, 0.2) is 60.7 Å². The number of ether oxygens (including phenoxy) is 1. The van der Waals surface area contributed by atoms with Crippen LogP contribution in [0.5, 0.6) is 0 Å². The third-order valence-electron chi connectivity index (χ3n) is 5.79. The lowest BCUT2D eigenvalue weighted by Gasteiger charge is -2.39. The minimum absolute atomic E-state index is 0.182. The molecule has 3 heteroatoms. The molecule has 0 spiro atoms. The average Bonchev–Trinajstić information content (AvgIpc) is 2.69. The number of esters is 1. The summed E-state index contributed by atoms with van der Waals surface area (Å²) in [4.78, 5) is 13.5. The monoisotopic (exact) mass is 351 g/mol. The number of hydrogen-bond donors (Lipinski definition) is 1. The number of hydrogen-bond acceptors (Lipinski definition) is 3. The van der Waals surface area contributed by atoms with Crippen molar-refractivity contribution in [1.82, 2.24) is 5.32 Å². The Labute approximate surface area is 156 Å². The summed E-state index contributed by atoms with van der Waals surface area (Å²) in [7, 11) is 0. The fraction of sp³-hybridized carbons (Fsp3) is 0.435. The van der Waals surface area contributed by atoms with Crippen molar-refractivity contribution in [1.29, 1.82) is 0 Å². The van der Waals surface area contributed by atoms with E-state index in [-0.39, 0.29) is 5.97 Å². The summed E-state index contributed by atoms with van der Waals surface area (Å²) in [5.41, 5.74) is 0.603. The van der Waals surface area contributed by atoms with Gasteiger partial charge in [0.2, 0.25) is 0 Å². The Morgan fingerprint density at radius 2 is 1.35 bits per heavy atom. The highest BCUT2D eigenvalue weighted by molar-refractivity contribution is 5.87. The number of benzene rings is 2. The average molecular weight is 351 g/mol. The largest absolute Gasteiger partial charge is 0.458 e. The van der Waals surface area contributed by atoms with Crippen molar-refractivity contribution in [2.24, 2.45) is 5.92 Å². The second-order valence-corrected chi connectivity index (χ2v) is 7.87. The summed E-state index contributed by atoms with van der Waals surface area (Å²) < 4.78 is 6.18. The van der Waals surface area contributed by atoms with Gasteiger partial charge in [0.05, 0.1) is 0 Å². The molecule has 0 aromatic heterocycles. The van der Waals surface area contributed by atoms with Crippen LogP contribution >= 0.6 is 0 Å². The molecule has 0 atom stereocenters. The molecule has 1 fully saturated rings. The second-order valence-electron chi connectivity index (χ2n) is 7.87. The van der Waals surface area contributed by atoms with Crippen LogP contribution in [-0.4, -0.2) is 24.7 Å². The van der Waals surface area contributed by atoms with Gasteiger partial charge in [-0.2, -0.15) is 0 Å². The van der Waals surface area contributed by atoms with Crippen molar-refractivity contribution < 1.29 is 9.53 Å². The Morgan fingerprint density at radius 1 is 0.885 bits per heavy atom. The maximum absolute atomic E-state index is 13.5. The van der Waals surface area contributed by atoms with Crippen LogP contribution in [0, 0.1) is 5.92 Å². The SMILES string of the molecule is CC(C(=O)OC(C)(C)C1CCNCC1)(c1ccccc1)c1ccccc1. The number of rotatable bonds is 5. The molecule has 1 saturated heterocycles. The summed E-state index contributed by atoms with van der Waals surface area (Å²) in [6.07, 6.45) is 2.07. The van der Waals surface area contributed by atoms with Gasteiger partial charge in [-0.05, 0) is 57.8 Å². The third kappa shape index (κ3) is 3.68. The van der Waals surface area contributed by atoms with Gasteiger partial charge in [-0.15, -0.1) is 0 Å². The molecule has 0 amide bonds. The lowest BCUT2D eigenvalue weighted by molar-refractivity contribution is -0.167. The first-order valence-corrected chi connectivity index (χ1v) is 9.50. The lowest BCUT2D eigenvalue weighted by Crippen LogP contribution is -2.47. The molecular weight excluding hydrogens is 322 g/mol. The number of piperidine rings is 1. The van der Waals surface area contributed by atoms with Crippen LogP contribution in [0.3, 0.4) is 0 Å². The Morgan fingerprint density at radius 3 is 1.81 bits per heavy atom. The van der Waals surface area contributed by atoms with E-state index in [9.17, 15) is 4.79 Å². The molecule has 1 heterocycles. The van der Waals surface area contributed by atoms with Crippen LogP contribution < -0.4 is 5.32 Å². The topological polar surface area (TPSA) is 38.3 Å².